The minimum absolute atomic E-state index is 0.0221. The molecule has 2 rings (SSSR count). The number of methoxy groups -OCH3 is 1. The van der Waals surface area contributed by atoms with Crippen LogP contribution in [0, 0.1) is 0 Å². The Hall–Kier alpha value is -1.29. The van der Waals surface area contributed by atoms with Crippen molar-refractivity contribution in [2.75, 3.05) is 51.1 Å². The van der Waals surface area contributed by atoms with Crippen molar-refractivity contribution in [3.8, 4) is 5.75 Å². The summed E-state index contributed by atoms with van der Waals surface area (Å²) in [7, 11) is -1.77. The van der Waals surface area contributed by atoms with Crippen molar-refractivity contribution < 1.29 is 17.9 Å². The van der Waals surface area contributed by atoms with Crippen LogP contribution >= 0.6 is 11.8 Å². The number of rotatable bonds is 10. The lowest BCUT2D eigenvalue weighted by Crippen LogP contribution is -2.55. The number of amides is 1. The third-order valence-corrected chi connectivity index (χ3v) is 6.91. The molecule has 1 unspecified atom stereocenters. The van der Waals surface area contributed by atoms with Gasteiger partial charge in [-0.2, -0.15) is 11.8 Å². The van der Waals surface area contributed by atoms with Crippen molar-refractivity contribution in [2.45, 2.75) is 25.9 Å². The molecule has 0 aliphatic carbocycles. The number of nitrogens with zero attached hydrogens (tertiary/aromatic N) is 2. The average Bonchev–Trinajstić information content (AvgIpc) is 2.71. The van der Waals surface area contributed by atoms with Gasteiger partial charge in [0.2, 0.25) is 15.9 Å². The molecule has 1 aliphatic heterocycles. The van der Waals surface area contributed by atoms with Crippen molar-refractivity contribution in [3.63, 3.8) is 0 Å². The van der Waals surface area contributed by atoms with E-state index in [0.717, 1.165) is 31.1 Å². The van der Waals surface area contributed by atoms with Crippen molar-refractivity contribution in [2.24, 2.45) is 0 Å². The van der Waals surface area contributed by atoms with Gasteiger partial charge in [0.05, 0.1) is 12.9 Å². The summed E-state index contributed by atoms with van der Waals surface area (Å²) in [6.07, 6.45) is 2.46. The van der Waals surface area contributed by atoms with Gasteiger partial charge in [-0.05, 0) is 43.0 Å². The van der Waals surface area contributed by atoms with Gasteiger partial charge < -0.3 is 9.64 Å². The normalized spacial score (nSPS) is 16.8. The Morgan fingerprint density at radius 2 is 1.86 bits per heavy atom. The van der Waals surface area contributed by atoms with E-state index in [1.54, 1.807) is 30.7 Å². The van der Waals surface area contributed by atoms with Gasteiger partial charge in [0, 0.05) is 32.7 Å². The van der Waals surface area contributed by atoms with E-state index in [0.29, 0.717) is 19.5 Å². The summed E-state index contributed by atoms with van der Waals surface area (Å²) in [5.41, 5.74) is 1.20. The number of ether oxygens (including phenoxy) is 1. The molecule has 28 heavy (non-hydrogen) atoms. The van der Waals surface area contributed by atoms with Gasteiger partial charge in [0.15, 0.2) is 0 Å². The fourth-order valence-electron chi connectivity index (χ4n) is 3.10. The highest BCUT2D eigenvalue weighted by Crippen LogP contribution is 2.15. The lowest BCUT2D eigenvalue weighted by molar-refractivity contribution is -0.134. The molecular weight excluding hydrogens is 398 g/mol. The first-order chi connectivity index (χ1) is 13.4. The van der Waals surface area contributed by atoms with Gasteiger partial charge in [0.1, 0.15) is 11.8 Å². The number of benzene rings is 1. The second kappa shape index (κ2) is 11.0. The number of sulfonamides is 1. The van der Waals surface area contributed by atoms with Crippen LogP contribution in [0.3, 0.4) is 0 Å². The molecule has 0 bridgehead atoms. The average molecular weight is 430 g/mol. The first-order valence-electron chi connectivity index (χ1n) is 9.51. The van der Waals surface area contributed by atoms with Crippen molar-refractivity contribution in [3.05, 3.63) is 29.8 Å². The number of piperazine rings is 1. The van der Waals surface area contributed by atoms with Crippen LogP contribution in [-0.4, -0.2) is 81.2 Å². The minimum atomic E-state index is -3.42. The van der Waals surface area contributed by atoms with E-state index in [1.807, 2.05) is 30.5 Å². The molecule has 9 heteroatoms. The van der Waals surface area contributed by atoms with E-state index in [9.17, 15) is 13.2 Å². The molecule has 1 aliphatic rings. The summed E-state index contributed by atoms with van der Waals surface area (Å²) in [6.45, 7) is 5.17. The molecular formula is C19H31N3O4S2. The van der Waals surface area contributed by atoms with E-state index >= 15 is 0 Å². The third-order valence-electron chi connectivity index (χ3n) is 4.86. The fourth-order valence-corrected chi connectivity index (χ4v) is 4.39. The monoisotopic (exact) mass is 429 g/mol. The van der Waals surface area contributed by atoms with Crippen LogP contribution in [0.1, 0.15) is 18.9 Å². The highest BCUT2D eigenvalue weighted by atomic mass is 32.2. The standard InChI is InChI=1S/C19H31N3O4S2/c1-4-28(24,25)20-18(9-14-27-3)19(23)22-12-10-21(11-13-22)15-16-5-7-17(26-2)8-6-16/h5-8,18,20H,4,9-15H2,1-3H3. The summed E-state index contributed by atoms with van der Waals surface area (Å²) in [5.74, 6) is 1.44. The zero-order valence-corrected chi connectivity index (χ0v) is 18.5. The lowest BCUT2D eigenvalue weighted by atomic mass is 10.1. The SMILES string of the molecule is CCS(=O)(=O)NC(CCSC)C(=O)N1CCN(Cc2ccc(OC)cc2)CC1. The molecule has 1 aromatic rings. The number of nitrogens with one attached hydrogen (secondary N) is 1. The van der Waals surface area contributed by atoms with Gasteiger partial charge in [-0.25, -0.2) is 13.1 Å². The Morgan fingerprint density at radius 3 is 2.39 bits per heavy atom. The highest BCUT2D eigenvalue weighted by Gasteiger charge is 2.29. The second-order valence-electron chi connectivity index (χ2n) is 6.80. The molecule has 1 amide bonds. The largest absolute Gasteiger partial charge is 0.497 e. The smallest absolute Gasteiger partial charge is 0.240 e. The number of carbonyl (C=O) groups excluding carboxylic acids is 1. The van der Waals surface area contributed by atoms with E-state index in [-0.39, 0.29) is 11.7 Å². The van der Waals surface area contributed by atoms with Crippen LogP contribution in [0.2, 0.25) is 0 Å². The molecule has 1 fully saturated rings. The van der Waals surface area contributed by atoms with E-state index in [1.165, 1.54) is 5.56 Å². The molecule has 158 valence electrons. The number of hydrogen-bond donors (Lipinski definition) is 1. The quantitative estimate of drug-likeness (QED) is 0.606. The number of thioether (sulfide) groups is 1. The molecule has 1 N–H and O–H groups in total. The van der Waals surface area contributed by atoms with Crippen molar-refractivity contribution in [1.82, 2.24) is 14.5 Å². The molecule has 1 atom stereocenters. The van der Waals surface area contributed by atoms with Gasteiger partial charge in [-0.15, -0.1) is 0 Å². The molecule has 7 nitrogen and oxygen atoms in total. The molecule has 1 heterocycles. The molecule has 1 saturated heterocycles. The maximum absolute atomic E-state index is 12.9. The van der Waals surface area contributed by atoms with Crippen molar-refractivity contribution in [1.29, 1.82) is 0 Å². The molecule has 0 radical (unpaired) electrons. The molecule has 0 spiro atoms. The predicted molar refractivity (Wildman–Crippen MR) is 114 cm³/mol. The van der Waals surface area contributed by atoms with Gasteiger partial charge >= 0.3 is 0 Å². The Morgan fingerprint density at radius 1 is 1.21 bits per heavy atom. The summed E-state index contributed by atoms with van der Waals surface area (Å²) in [4.78, 5) is 17.0. The minimum Gasteiger partial charge on any atom is -0.497 e. The predicted octanol–water partition coefficient (Wildman–Crippen LogP) is 1.40. The maximum atomic E-state index is 12.9. The second-order valence-corrected chi connectivity index (χ2v) is 9.83. The fraction of sp³-hybridized carbons (Fsp3) is 0.632. The first kappa shape index (κ1) is 23.0. The van der Waals surface area contributed by atoms with Gasteiger partial charge in [0.25, 0.3) is 0 Å². The lowest BCUT2D eigenvalue weighted by Gasteiger charge is -2.36. The number of carbonyl (C=O) groups is 1. The number of hydrogen-bond acceptors (Lipinski definition) is 6. The maximum Gasteiger partial charge on any atom is 0.240 e. The Balaban J connectivity index is 1.90. The summed E-state index contributed by atoms with van der Waals surface area (Å²) in [5, 5.41) is 0. The topological polar surface area (TPSA) is 79.0 Å². The Labute approximate surface area is 172 Å². The Kier molecular flexibility index (Phi) is 9.07. The zero-order valence-electron chi connectivity index (χ0n) is 16.9. The summed E-state index contributed by atoms with van der Waals surface area (Å²) in [6, 6.07) is 7.32. The summed E-state index contributed by atoms with van der Waals surface area (Å²) < 4.78 is 31.7. The summed E-state index contributed by atoms with van der Waals surface area (Å²) >= 11 is 1.61. The van der Waals surface area contributed by atoms with Crippen LogP contribution in [0.25, 0.3) is 0 Å². The van der Waals surface area contributed by atoms with Gasteiger partial charge in [-0.1, -0.05) is 12.1 Å². The van der Waals surface area contributed by atoms with E-state index in [2.05, 4.69) is 9.62 Å². The van der Waals surface area contributed by atoms with Crippen LogP contribution in [-0.2, 0) is 21.4 Å². The van der Waals surface area contributed by atoms with Crippen LogP contribution < -0.4 is 9.46 Å². The molecule has 0 saturated carbocycles. The molecule has 1 aromatic carbocycles. The van der Waals surface area contributed by atoms with Crippen molar-refractivity contribution >= 4 is 27.7 Å². The Bertz CT molecular complexity index is 717. The zero-order chi connectivity index (χ0) is 20.6. The van der Waals surface area contributed by atoms with Gasteiger partial charge in [-0.3, -0.25) is 9.69 Å². The van der Waals surface area contributed by atoms with Crippen LogP contribution in [0.5, 0.6) is 5.75 Å². The van der Waals surface area contributed by atoms with Crippen LogP contribution in [0.15, 0.2) is 24.3 Å². The molecule has 0 aromatic heterocycles. The van der Waals surface area contributed by atoms with Crippen LogP contribution in [0.4, 0.5) is 0 Å². The first-order valence-corrected chi connectivity index (χ1v) is 12.6. The van der Waals surface area contributed by atoms with E-state index < -0.39 is 16.1 Å². The third kappa shape index (κ3) is 6.95. The van der Waals surface area contributed by atoms with E-state index in [4.69, 9.17) is 4.74 Å². The highest BCUT2D eigenvalue weighted by molar-refractivity contribution is 7.98.